The van der Waals surface area contributed by atoms with Crippen molar-refractivity contribution in [2.75, 3.05) is 26.2 Å². The van der Waals surface area contributed by atoms with Crippen LogP contribution in [0.1, 0.15) is 22.8 Å². The maximum absolute atomic E-state index is 12.2. The van der Waals surface area contributed by atoms with Crippen molar-refractivity contribution in [1.82, 2.24) is 10.2 Å². The summed E-state index contributed by atoms with van der Waals surface area (Å²) in [6.45, 7) is 5.08. The third kappa shape index (κ3) is 2.58. The lowest BCUT2D eigenvalue weighted by atomic mass is 10.1. The molecule has 2 N–H and O–H groups in total. The van der Waals surface area contributed by atoms with Crippen LogP contribution in [-0.4, -0.2) is 42.1 Å². The molecule has 1 aliphatic heterocycles. The Morgan fingerprint density at radius 1 is 1.41 bits per heavy atom. The van der Waals surface area contributed by atoms with E-state index in [-0.39, 0.29) is 11.7 Å². The average Bonchev–Trinajstić information content (AvgIpc) is 2.39. The summed E-state index contributed by atoms with van der Waals surface area (Å²) in [5, 5.41) is 13.0. The van der Waals surface area contributed by atoms with Crippen LogP contribution >= 0.6 is 0 Å². The monoisotopic (exact) mass is 234 g/mol. The molecule has 0 radical (unpaired) electrons. The van der Waals surface area contributed by atoms with Gasteiger partial charge < -0.3 is 15.3 Å². The third-order valence-electron chi connectivity index (χ3n) is 3.10. The first-order valence-corrected chi connectivity index (χ1v) is 6.04. The molecular weight excluding hydrogens is 216 g/mol. The summed E-state index contributed by atoms with van der Waals surface area (Å²) in [6, 6.07) is 5.25. The Hall–Kier alpha value is -1.55. The lowest BCUT2D eigenvalue weighted by Crippen LogP contribution is -2.46. The van der Waals surface area contributed by atoms with Crippen LogP contribution in [0, 0.1) is 0 Å². The molecule has 1 aromatic rings. The maximum Gasteiger partial charge on any atom is 0.257 e. The smallest absolute Gasteiger partial charge is 0.257 e. The van der Waals surface area contributed by atoms with E-state index in [9.17, 15) is 9.90 Å². The minimum absolute atomic E-state index is 0.0701. The lowest BCUT2D eigenvalue weighted by Gasteiger charge is -2.27. The van der Waals surface area contributed by atoms with Gasteiger partial charge in [0.15, 0.2) is 0 Å². The second-order valence-corrected chi connectivity index (χ2v) is 4.25. The molecular formula is C13H18N2O2. The molecule has 4 heteroatoms. The number of phenolic OH excluding ortho intramolecular Hbond substituents is 1. The van der Waals surface area contributed by atoms with Gasteiger partial charge >= 0.3 is 0 Å². The van der Waals surface area contributed by atoms with E-state index in [1.807, 2.05) is 13.0 Å². The zero-order chi connectivity index (χ0) is 12.3. The SMILES string of the molecule is CCc1ccc(O)c(C(=O)N2CCNCC2)c1. The molecule has 1 aromatic carbocycles. The number of benzene rings is 1. The minimum Gasteiger partial charge on any atom is -0.507 e. The summed E-state index contributed by atoms with van der Waals surface area (Å²) < 4.78 is 0. The van der Waals surface area contributed by atoms with Gasteiger partial charge in [0.25, 0.3) is 5.91 Å². The Kier molecular flexibility index (Phi) is 3.64. The van der Waals surface area contributed by atoms with Crippen molar-refractivity contribution in [3.8, 4) is 5.75 Å². The van der Waals surface area contributed by atoms with Crippen LogP contribution in [0.15, 0.2) is 18.2 Å². The predicted octanol–water partition coefficient (Wildman–Crippen LogP) is 1.00. The van der Waals surface area contributed by atoms with Crippen molar-refractivity contribution in [2.45, 2.75) is 13.3 Å². The number of aryl methyl sites for hydroxylation is 1. The van der Waals surface area contributed by atoms with E-state index in [1.54, 1.807) is 17.0 Å². The maximum atomic E-state index is 12.2. The molecule has 1 saturated heterocycles. The number of rotatable bonds is 2. The van der Waals surface area contributed by atoms with E-state index < -0.39 is 0 Å². The second kappa shape index (κ2) is 5.19. The summed E-state index contributed by atoms with van der Waals surface area (Å²) >= 11 is 0. The fourth-order valence-corrected chi connectivity index (χ4v) is 2.01. The summed E-state index contributed by atoms with van der Waals surface area (Å²) in [6.07, 6.45) is 0.863. The van der Waals surface area contributed by atoms with Gasteiger partial charge in [0.1, 0.15) is 5.75 Å². The highest BCUT2D eigenvalue weighted by Gasteiger charge is 2.20. The van der Waals surface area contributed by atoms with Gasteiger partial charge in [-0.1, -0.05) is 13.0 Å². The average molecular weight is 234 g/mol. The van der Waals surface area contributed by atoms with E-state index in [1.165, 1.54) is 0 Å². The molecule has 0 saturated carbocycles. The Balaban J connectivity index is 2.22. The summed E-state index contributed by atoms with van der Waals surface area (Å²) in [7, 11) is 0. The minimum atomic E-state index is -0.0701. The van der Waals surface area contributed by atoms with Crippen LogP contribution < -0.4 is 5.32 Å². The Morgan fingerprint density at radius 3 is 2.76 bits per heavy atom. The number of amides is 1. The van der Waals surface area contributed by atoms with Crippen LogP contribution in [0.2, 0.25) is 0 Å². The zero-order valence-corrected chi connectivity index (χ0v) is 10.1. The number of carbonyl (C=O) groups is 1. The molecule has 1 amide bonds. The third-order valence-corrected chi connectivity index (χ3v) is 3.10. The van der Waals surface area contributed by atoms with Gasteiger partial charge in [-0.05, 0) is 24.1 Å². The van der Waals surface area contributed by atoms with Gasteiger partial charge in [-0.3, -0.25) is 4.79 Å². The molecule has 0 unspecified atom stereocenters. The molecule has 2 rings (SSSR count). The molecule has 0 spiro atoms. The molecule has 92 valence electrons. The number of phenols is 1. The van der Waals surface area contributed by atoms with E-state index in [4.69, 9.17) is 0 Å². The van der Waals surface area contributed by atoms with Crippen LogP contribution in [0.5, 0.6) is 5.75 Å². The number of hydrogen-bond acceptors (Lipinski definition) is 3. The van der Waals surface area contributed by atoms with Crippen molar-refractivity contribution in [3.63, 3.8) is 0 Å². The molecule has 1 aliphatic rings. The number of nitrogens with one attached hydrogen (secondary N) is 1. The van der Waals surface area contributed by atoms with Crippen LogP contribution in [0.25, 0.3) is 0 Å². The number of hydrogen-bond donors (Lipinski definition) is 2. The second-order valence-electron chi connectivity index (χ2n) is 4.25. The molecule has 4 nitrogen and oxygen atoms in total. The van der Waals surface area contributed by atoms with Crippen molar-refractivity contribution in [3.05, 3.63) is 29.3 Å². The van der Waals surface area contributed by atoms with Crippen molar-refractivity contribution in [1.29, 1.82) is 0 Å². The van der Waals surface area contributed by atoms with E-state index in [0.29, 0.717) is 18.7 Å². The van der Waals surface area contributed by atoms with Crippen molar-refractivity contribution >= 4 is 5.91 Å². The molecule has 0 aliphatic carbocycles. The van der Waals surface area contributed by atoms with E-state index in [2.05, 4.69) is 5.32 Å². The molecule has 17 heavy (non-hydrogen) atoms. The topological polar surface area (TPSA) is 52.6 Å². The highest BCUT2D eigenvalue weighted by Crippen LogP contribution is 2.20. The molecule has 0 bridgehead atoms. The summed E-state index contributed by atoms with van der Waals surface area (Å²) in [5.41, 5.74) is 1.49. The van der Waals surface area contributed by atoms with Gasteiger partial charge in [0.2, 0.25) is 0 Å². The quantitative estimate of drug-likeness (QED) is 0.802. The van der Waals surface area contributed by atoms with Gasteiger partial charge in [-0.15, -0.1) is 0 Å². The number of nitrogens with zero attached hydrogens (tertiary/aromatic N) is 1. The van der Waals surface area contributed by atoms with Crippen LogP contribution in [-0.2, 0) is 6.42 Å². The van der Waals surface area contributed by atoms with Crippen LogP contribution in [0.3, 0.4) is 0 Å². The largest absolute Gasteiger partial charge is 0.507 e. The normalized spacial score (nSPS) is 15.9. The number of aromatic hydroxyl groups is 1. The Morgan fingerprint density at radius 2 is 2.12 bits per heavy atom. The highest BCUT2D eigenvalue weighted by atomic mass is 16.3. The Bertz CT molecular complexity index is 412. The Labute approximate surface area is 101 Å². The van der Waals surface area contributed by atoms with Gasteiger partial charge in [0.05, 0.1) is 5.56 Å². The zero-order valence-electron chi connectivity index (χ0n) is 10.1. The molecule has 1 fully saturated rings. The predicted molar refractivity (Wildman–Crippen MR) is 66.3 cm³/mol. The standard InChI is InChI=1S/C13H18N2O2/c1-2-10-3-4-12(16)11(9-10)13(17)15-7-5-14-6-8-15/h3-4,9,14,16H,2,5-8H2,1H3. The molecule has 0 aromatic heterocycles. The number of piperazine rings is 1. The van der Waals surface area contributed by atoms with Gasteiger partial charge in [-0.25, -0.2) is 0 Å². The fraction of sp³-hybridized carbons (Fsp3) is 0.462. The van der Waals surface area contributed by atoms with E-state index in [0.717, 1.165) is 25.1 Å². The summed E-state index contributed by atoms with van der Waals surface area (Å²) in [5.74, 6) is 0.00466. The first-order chi connectivity index (χ1) is 8.22. The number of carbonyl (C=O) groups excluding carboxylic acids is 1. The van der Waals surface area contributed by atoms with Gasteiger partial charge in [-0.2, -0.15) is 0 Å². The summed E-state index contributed by atoms with van der Waals surface area (Å²) in [4.78, 5) is 14.0. The molecule has 0 atom stereocenters. The van der Waals surface area contributed by atoms with Gasteiger partial charge in [0, 0.05) is 26.2 Å². The lowest BCUT2D eigenvalue weighted by molar-refractivity contribution is 0.0732. The highest BCUT2D eigenvalue weighted by molar-refractivity contribution is 5.97. The van der Waals surface area contributed by atoms with Crippen molar-refractivity contribution in [2.24, 2.45) is 0 Å². The van der Waals surface area contributed by atoms with Crippen LogP contribution in [0.4, 0.5) is 0 Å². The van der Waals surface area contributed by atoms with Crippen molar-refractivity contribution < 1.29 is 9.90 Å². The van der Waals surface area contributed by atoms with E-state index >= 15 is 0 Å². The fourth-order valence-electron chi connectivity index (χ4n) is 2.01. The molecule has 1 heterocycles. The first-order valence-electron chi connectivity index (χ1n) is 6.04. The first kappa shape index (κ1) is 11.9.